The molecule has 0 unspecified atom stereocenters. The van der Waals surface area contributed by atoms with Gasteiger partial charge < -0.3 is 20.3 Å². The number of nitrogens with zero attached hydrogens (tertiary/aromatic N) is 2. The molecule has 0 rings (SSSR count). The molecular weight excluding hydrogens is 240 g/mol. The number of hydrogen-bond acceptors (Lipinski definition) is 3. The highest BCUT2D eigenvalue weighted by Gasteiger charge is 1.99. The minimum absolute atomic E-state index is 0.701. The van der Waals surface area contributed by atoms with Crippen molar-refractivity contribution in [1.29, 1.82) is 0 Å². The molecule has 0 aliphatic heterocycles. The molecular formula is C14H32N4O. The Bertz CT molecular complexity index is 217. The van der Waals surface area contributed by atoms with Crippen LogP contribution >= 0.6 is 0 Å². The summed E-state index contributed by atoms with van der Waals surface area (Å²) in [6, 6.07) is 0. The third-order valence-corrected chi connectivity index (χ3v) is 2.99. The number of unbranched alkanes of at least 4 members (excludes halogenated alkanes) is 1. The zero-order valence-corrected chi connectivity index (χ0v) is 13.2. The highest BCUT2D eigenvalue weighted by Crippen LogP contribution is 1.95. The second-order valence-corrected chi connectivity index (χ2v) is 4.41. The molecule has 5 nitrogen and oxygen atoms in total. The van der Waals surface area contributed by atoms with Gasteiger partial charge in [-0.25, -0.2) is 0 Å². The van der Waals surface area contributed by atoms with Gasteiger partial charge in [-0.1, -0.05) is 13.8 Å². The molecule has 0 amide bonds. The smallest absolute Gasteiger partial charge is 0.191 e. The highest BCUT2D eigenvalue weighted by molar-refractivity contribution is 5.79. The third kappa shape index (κ3) is 10.8. The van der Waals surface area contributed by atoms with E-state index in [1.165, 1.54) is 13.0 Å². The third-order valence-electron chi connectivity index (χ3n) is 2.99. The number of methoxy groups -OCH3 is 1. The van der Waals surface area contributed by atoms with E-state index < -0.39 is 0 Å². The largest absolute Gasteiger partial charge is 0.383 e. The predicted molar refractivity (Wildman–Crippen MR) is 82.9 cm³/mol. The Hall–Kier alpha value is -0.810. The van der Waals surface area contributed by atoms with Gasteiger partial charge >= 0.3 is 0 Å². The molecule has 5 heteroatoms. The molecule has 0 atom stereocenters. The molecule has 0 bridgehead atoms. The van der Waals surface area contributed by atoms with Gasteiger partial charge in [0.2, 0.25) is 0 Å². The van der Waals surface area contributed by atoms with Gasteiger partial charge in [0.05, 0.1) is 6.61 Å². The maximum absolute atomic E-state index is 5.01. The number of aliphatic imine (C=N–C) groups is 1. The van der Waals surface area contributed by atoms with Crippen molar-refractivity contribution >= 4 is 5.96 Å². The van der Waals surface area contributed by atoms with Crippen LogP contribution in [0.15, 0.2) is 4.99 Å². The van der Waals surface area contributed by atoms with E-state index in [4.69, 9.17) is 4.74 Å². The summed E-state index contributed by atoms with van der Waals surface area (Å²) in [5, 5.41) is 6.48. The fraction of sp³-hybridized carbons (Fsp3) is 0.929. The summed E-state index contributed by atoms with van der Waals surface area (Å²) >= 11 is 0. The Kier molecular flexibility index (Phi) is 13.0. The van der Waals surface area contributed by atoms with Crippen LogP contribution in [0.2, 0.25) is 0 Å². The van der Waals surface area contributed by atoms with E-state index >= 15 is 0 Å². The van der Waals surface area contributed by atoms with Crippen LogP contribution in [0.4, 0.5) is 0 Å². The van der Waals surface area contributed by atoms with Crippen molar-refractivity contribution in [3.05, 3.63) is 0 Å². The molecule has 0 fully saturated rings. The highest BCUT2D eigenvalue weighted by atomic mass is 16.5. The average Bonchev–Trinajstić information content (AvgIpc) is 2.43. The minimum Gasteiger partial charge on any atom is -0.383 e. The van der Waals surface area contributed by atoms with Crippen LogP contribution in [-0.2, 0) is 4.74 Å². The maximum Gasteiger partial charge on any atom is 0.191 e. The average molecular weight is 272 g/mol. The quantitative estimate of drug-likeness (QED) is 0.338. The molecule has 114 valence electrons. The lowest BCUT2D eigenvalue weighted by Gasteiger charge is -2.17. The first-order chi connectivity index (χ1) is 9.28. The van der Waals surface area contributed by atoms with Crippen LogP contribution in [0, 0.1) is 0 Å². The monoisotopic (exact) mass is 272 g/mol. The lowest BCUT2D eigenvalue weighted by Crippen LogP contribution is -2.39. The molecule has 0 spiro atoms. The van der Waals surface area contributed by atoms with Crippen LogP contribution in [0.25, 0.3) is 0 Å². The lowest BCUT2D eigenvalue weighted by molar-refractivity contribution is 0.203. The number of hydrogen-bond donors (Lipinski definition) is 2. The normalized spacial score (nSPS) is 11.9. The standard InChI is InChI=1S/C14H32N4O/c1-5-15-14(17-11-13-19-4)16-10-8-9-12-18(6-2)7-3/h5-13H2,1-4H3,(H2,15,16,17). The Morgan fingerprint density at radius 3 is 2.42 bits per heavy atom. The fourth-order valence-corrected chi connectivity index (χ4v) is 1.79. The molecule has 0 saturated carbocycles. The van der Waals surface area contributed by atoms with E-state index in [0.29, 0.717) is 6.61 Å². The summed E-state index contributed by atoms with van der Waals surface area (Å²) in [5.41, 5.74) is 0. The summed E-state index contributed by atoms with van der Waals surface area (Å²) in [5.74, 6) is 0.891. The second kappa shape index (κ2) is 13.6. The molecule has 0 aliphatic rings. The zero-order chi connectivity index (χ0) is 14.3. The first-order valence-corrected chi connectivity index (χ1v) is 7.51. The van der Waals surface area contributed by atoms with Crippen molar-refractivity contribution in [1.82, 2.24) is 15.5 Å². The summed E-state index contributed by atoms with van der Waals surface area (Å²) in [7, 11) is 1.71. The van der Waals surface area contributed by atoms with E-state index in [-0.39, 0.29) is 0 Å². The van der Waals surface area contributed by atoms with Gasteiger partial charge in [-0.3, -0.25) is 4.99 Å². The molecule has 0 aromatic carbocycles. The van der Waals surface area contributed by atoms with E-state index in [1.807, 2.05) is 0 Å². The number of rotatable bonds is 11. The molecule has 19 heavy (non-hydrogen) atoms. The van der Waals surface area contributed by atoms with Gasteiger partial charge in [-0.05, 0) is 39.4 Å². The summed E-state index contributed by atoms with van der Waals surface area (Å²) in [4.78, 5) is 7.00. The fourth-order valence-electron chi connectivity index (χ4n) is 1.79. The van der Waals surface area contributed by atoms with Crippen molar-refractivity contribution < 1.29 is 4.74 Å². The lowest BCUT2D eigenvalue weighted by atomic mass is 10.3. The maximum atomic E-state index is 5.01. The van der Waals surface area contributed by atoms with Crippen LogP contribution < -0.4 is 10.6 Å². The van der Waals surface area contributed by atoms with Gasteiger partial charge in [0.15, 0.2) is 5.96 Å². The number of nitrogens with one attached hydrogen (secondary N) is 2. The first-order valence-electron chi connectivity index (χ1n) is 7.51. The molecule has 0 aromatic rings. The Morgan fingerprint density at radius 2 is 1.84 bits per heavy atom. The summed E-state index contributed by atoms with van der Waals surface area (Å²) in [6.07, 6.45) is 2.35. The topological polar surface area (TPSA) is 48.9 Å². The van der Waals surface area contributed by atoms with Crippen molar-refractivity contribution in [2.45, 2.75) is 33.6 Å². The molecule has 0 radical (unpaired) electrons. The molecule has 0 aromatic heterocycles. The van der Waals surface area contributed by atoms with Crippen LogP contribution in [0.3, 0.4) is 0 Å². The van der Waals surface area contributed by atoms with E-state index in [1.54, 1.807) is 7.11 Å². The first kappa shape index (κ1) is 18.2. The van der Waals surface area contributed by atoms with Crippen molar-refractivity contribution in [2.24, 2.45) is 4.99 Å². The minimum atomic E-state index is 0.701. The SMILES string of the molecule is CCNC(=NCCCCN(CC)CC)NCCOC. The van der Waals surface area contributed by atoms with E-state index in [0.717, 1.165) is 45.1 Å². The molecule has 0 heterocycles. The van der Waals surface area contributed by atoms with Crippen molar-refractivity contribution in [3.63, 3.8) is 0 Å². The zero-order valence-electron chi connectivity index (χ0n) is 13.2. The molecule has 0 saturated heterocycles. The summed E-state index contributed by atoms with van der Waals surface area (Å²) in [6.45, 7) is 13.2. The predicted octanol–water partition coefficient (Wildman–Crippen LogP) is 1.31. The van der Waals surface area contributed by atoms with Crippen LogP contribution in [0.1, 0.15) is 33.6 Å². The van der Waals surface area contributed by atoms with Gasteiger partial charge in [0, 0.05) is 26.7 Å². The Morgan fingerprint density at radius 1 is 1.11 bits per heavy atom. The molecule has 2 N–H and O–H groups in total. The van der Waals surface area contributed by atoms with Gasteiger partial charge in [-0.15, -0.1) is 0 Å². The van der Waals surface area contributed by atoms with Crippen LogP contribution in [0.5, 0.6) is 0 Å². The van der Waals surface area contributed by atoms with Gasteiger partial charge in [0.25, 0.3) is 0 Å². The van der Waals surface area contributed by atoms with Crippen LogP contribution in [-0.4, -0.2) is 63.8 Å². The van der Waals surface area contributed by atoms with Crippen molar-refractivity contribution in [2.75, 3.05) is 53.0 Å². The number of ether oxygens (including phenoxy) is 1. The van der Waals surface area contributed by atoms with E-state index in [9.17, 15) is 0 Å². The Labute approximate surface area is 118 Å². The summed E-state index contributed by atoms with van der Waals surface area (Å²) < 4.78 is 5.01. The Balaban J connectivity index is 3.77. The van der Waals surface area contributed by atoms with Crippen molar-refractivity contribution in [3.8, 4) is 0 Å². The van der Waals surface area contributed by atoms with Gasteiger partial charge in [-0.2, -0.15) is 0 Å². The molecule has 0 aliphatic carbocycles. The second-order valence-electron chi connectivity index (χ2n) is 4.41. The number of guanidine groups is 1. The van der Waals surface area contributed by atoms with Gasteiger partial charge in [0.1, 0.15) is 0 Å². The van der Waals surface area contributed by atoms with E-state index in [2.05, 4.69) is 41.3 Å².